The molecule has 0 atom stereocenters. The molecule has 0 saturated heterocycles. The van der Waals surface area contributed by atoms with Crippen LogP contribution < -0.4 is 19.1 Å². The minimum absolute atomic E-state index is 0.0203. The molecular formula is C25H26N2O7S. The summed E-state index contributed by atoms with van der Waals surface area (Å²) >= 11 is 0. The molecular weight excluding hydrogens is 472 g/mol. The molecule has 0 heterocycles. The van der Waals surface area contributed by atoms with Crippen LogP contribution in [0.25, 0.3) is 0 Å². The quantitative estimate of drug-likeness (QED) is 0.424. The number of benzene rings is 3. The van der Waals surface area contributed by atoms with Crippen molar-refractivity contribution in [1.82, 2.24) is 0 Å². The molecule has 0 bridgehead atoms. The van der Waals surface area contributed by atoms with Gasteiger partial charge in [-0.3, -0.25) is 9.10 Å². The molecule has 0 aliphatic heterocycles. The molecule has 0 unspecified atom stereocenters. The SMILES string of the molecule is CCOC(=O)c1cccc(NC(=O)CN(c2ccc(OC)c(OC)c2)S(=O)(=O)c2ccccc2)c1. The van der Waals surface area contributed by atoms with Crippen molar-refractivity contribution in [2.75, 3.05) is 37.0 Å². The van der Waals surface area contributed by atoms with Crippen molar-refractivity contribution < 1.29 is 32.2 Å². The lowest BCUT2D eigenvalue weighted by Crippen LogP contribution is -2.38. The standard InChI is InChI=1S/C25H26N2O7S/c1-4-34-25(29)18-9-8-10-19(15-18)26-24(28)17-27(35(30,31)21-11-6-5-7-12-21)20-13-14-22(32-2)23(16-20)33-3/h5-16H,4,17H2,1-3H3,(H,26,28). The van der Waals surface area contributed by atoms with Gasteiger partial charge in [-0.2, -0.15) is 0 Å². The van der Waals surface area contributed by atoms with Crippen molar-refractivity contribution in [1.29, 1.82) is 0 Å². The molecule has 1 N–H and O–H groups in total. The zero-order valence-electron chi connectivity index (χ0n) is 19.6. The topological polar surface area (TPSA) is 111 Å². The molecule has 0 radical (unpaired) electrons. The highest BCUT2D eigenvalue weighted by Crippen LogP contribution is 2.33. The first-order valence-corrected chi connectivity index (χ1v) is 12.1. The second kappa shape index (κ2) is 11.4. The molecule has 184 valence electrons. The van der Waals surface area contributed by atoms with Gasteiger partial charge in [0.1, 0.15) is 6.54 Å². The van der Waals surface area contributed by atoms with Crippen molar-refractivity contribution in [3.05, 3.63) is 78.4 Å². The maximum atomic E-state index is 13.5. The molecule has 3 aromatic carbocycles. The normalized spacial score (nSPS) is 10.8. The molecule has 3 aromatic rings. The highest BCUT2D eigenvalue weighted by Gasteiger charge is 2.28. The summed E-state index contributed by atoms with van der Waals surface area (Å²) in [6, 6.07) is 18.6. The highest BCUT2D eigenvalue weighted by atomic mass is 32.2. The molecule has 35 heavy (non-hydrogen) atoms. The van der Waals surface area contributed by atoms with Crippen LogP contribution in [0.2, 0.25) is 0 Å². The Bertz CT molecular complexity index is 1290. The number of hydrogen-bond acceptors (Lipinski definition) is 7. The molecule has 10 heteroatoms. The van der Waals surface area contributed by atoms with Crippen LogP contribution in [0.15, 0.2) is 77.7 Å². The summed E-state index contributed by atoms with van der Waals surface area (Å²) in [5.74, 6) is -0.420. The average Bonchev–Trinajstić information content (AvgIpc) is 2.87. The van der Waals surface area contributed by atoms with Crippen molar-refractivity contribution in [2.45, 2.75) is 11.8 Å². The third-order valence-corrected chi connectivity index (χ3v) is 6.72. The van der Waals surface area contributed by atoms with Gasteiger partial charge in [0.2, 0.25) is 5.91 Å². The fourth-order valence-corrected chi connectivity index (χ4v) is 4.72. The van der Waals surface area contributed by atoms with Gasteiger partial charge in [0.15, 0.2) is 11.5 Å². The molecule has 0 spiro atoms. The molecule has 1 amide bonds. The Morgan fingerprint density at radius 1 is 0.886 bits per heavy atom. The van der Waals surface area contributed by atoms with Gasteiger partial charge in [-0.1, -0.05) is 24.3 Å². The number of hydrogen-bond donors (Lipinski definition) is 1. The molecule has 3 rings (SSSR count). The van der Waals surface area contributed by atoms with Crippen LogP contribution in [0.1, 0.15) is 17.3 Å². The van der Waals surface area contributed by atoms with Gasteiger partial charge in [-0.05, 0) is 49.4 Å². The minimum Gasteiger partial charge on any atom is -0.493 e. The van der Waals surface area contributed by atoms with E-state index in [9.17, 15) is 18.0 Å². The number of sulfonamides is 1. The molecule has 0 aromatic heterocycles. The van der Waals surface area contributed by atoms with E-state index in [2.05, 4.69) is 5.32 Å². The number of nitrogens with zero attached hydrogens (tertiary/aromatic N) is 1. The number of esters is 1. The molecule has 0 aliphatic rings. The smallest absolute Gasteiger partial charge is 0.338 e. The number of carbonyl (C=O) groups is 2. The number of carbonyl (C=O) groups excluding carboxylic acids is 2. The van der Waals surface area contributed by atoms with E-state index in [1.165, 1.54) is 44.6 Å². The third kappa shape index (κ3) is 6.10. The second-order valence-electron chi connectivity index (χ2n) is 7.21. The van der Waals surface area contributed by atoms with E-state index in [0.717, 1.165) is 4.31 Å². The molecule has 9 nitrogen and oxygen atoms in total. The Hall–Kier alpha value is -4.05. The van der Waals surface area contributed by atoms with E-state index in [4.69, 9.17) is 14.2 Å². The summed E-state index contributed by atoms with van der Waals surface area (Å²) < 4.78 is 43.5. The van der Waals surface area contributed by atoms with Gasteiger partial charge in [0, 0.05) is 11.8 Å². The number of anilines is 2. The van der Waals surface area contributed by atoms with Gasteiger partial charge in [0.25, 0.3) is 10.0 Å². The van der Waals surface area contributed by atoms with E-state index in [0.29, 0.717) is 17.2 Å². The van der Waals surface area contributed by atoms with Crippen molar-refractivity contribution in [2.24, 2.45) is 0 Å². The first-order valence-electron chi connectivity index (χ1n) is 10.7. The third-order valence-electron chi connectivity index (χ3n) is 4.93. The van der Waals surface area contributed by atoms with E-state index in [1.54, 1.807) is 49.4 Å². The van der Waals surface area contributed by atoms with Gasteiger partial charge >= 0.3 is 5.97 Å². The van der Waals surface area contributed by atoms with Crippen LogP contribution in [0.4, 0.5) is 11.4 Å². The van der Waals surface area contributed by atoms with Crippen LogP contribution in [0, 0.1) is 0 Å². The van der Waals surface area contributed by atoms with Crippen LogP contribution in [0.5, 0.6) is 11.5 Å². The maximum Gasteiger partial charge on any atom is 0.338 e. The summed E-state index contributed by atoms with van der Waals surface area (Å²) in [4.78, 5) is 25.0. The fraction of sp³-hybridized carbons (Fsp3) is 0.200. The number of amides is 1. The van der Waals surface area contributed by atoms with Crippen LogP contribution in [-0.2, 0) is 19.6 Å². The van der Waals surface area contributed by atoms with E-state index < -0.39 is 28.4 Å². The Morgan fingerprint density at radius 2 is 1.60 bits per heavy atom. The zero-order chi connectivity index (χ0) is 25.4. The van der Waals surface area contributed by atoms with E-state index in [1.807, 2.05) is 0 Å². The lowest BCUT2D eigenvalue weighted by atomic mass is 10.2. The van der Waals surface area contributed by atoms with E-state index >= 15 is 0 Å². The monoisotopic (exact) mass is 498 g/mol. The lowest BCUT2D eigenvalue weighted by Gasteiger charge is -2.25. The molecule has 0 saturated carbocycles. The van der Waals surface area contributed by atoms with Crippen LogP contribution in [-0.4, -0.2) is 47.7 Å². The first kappa shape index (κ1) is 25.6. The second-order valence-corrected chi connectivity index (χ2v) is 9.08. The van der Waals surface area contributed by atoms with Gasteiger partial charge in [0.05, 0.1) is 37.0 Å². The van der Waals surface area contributed by atoms with Crippen molar-refractivity contribution in [3.8, 4) is 11.5 Å². The predicted octanol–water partition coefficient (Wildman–Crippen LogP) is 3.71. The van der Waals surface area contributed by atoms with Crippen molar-refractivity contribution >= 4 is 33.3 Å². The summed E-state index contributed by atoms with van der Waals surface area (Å²) in [6.07, 6.45) is 0. The number of rotatable bonds is 10. The van der Waals surface area contributed by atoms with Crippen molar-refractivity contribution in [3.63, 3.8) is 0 Å². The fourth-order valence-electron chi connectivity index (χ4n) is 3.28. The zero-order valence-corrected chi connectivity index (χ0v) is 20.4. The summed E-state index contributed by atoms with van der Waals surface area (Å²) in [7, 11) is -1.22. The first-order chi connectivity index (χ1) is 16.8. The Labute approximate surface area is 204 Å². The molecule has 0 aliphatic carbocycles. The Kier molecular flexibility index (Phi) is 8.32. The number of nitrogens with one attached hydrogen (secondary N) is 1. The van der Waals surface area contributed by atoms with Gasteiger partial charge < -0.3 is 19.5 Å². The van der Waals surface area contributed by atoms with Gasteiger partial charge in [-0.15, -0.1) is 0 Å². The van der Waals surface area contributed by atoms with E-state index in [-0.39, 0.29) is 22.8 Å². The Balaban J connectivity index is 1.94. The minimum atomic E-state index is -4.11. The number of methoxy groups -OCH3 is 2. The lowest BCUT2D eigenvalue weighted by molar-refractivity contribution is -0.114. The molecule has 0 fully saturated rings. The maximum absolute atomic E-state index is 13.5. The Morgan fingerprint density at radius 3 is 2.26 bits per heavy atom. The van der Waals surface area contributed by atoms with Crippen LogP contribution in [0.3, 0.4) is 0 Å². The highest BCUT2D eigenvalue weighted by molar-refractivity contribution is 7.92. The van der Waals surface area contributed by atoms with Crippen LogP contribution >= 0.6 is 0 Å². The van der Waals surface area contributed by atoms with Gasteiger partial charge in [-0.25, -0.2) is 13.2 Å². The summed E-state index contributed by atoms with van der Waals surface area (Å²) in [5.41, 5.74) is 0.796. The predicted molar refractivity (Wildman–Crippen MR) is 132 cm³/mol. The summed E-state index contributed by atoms with van der Waals surface area (Å²) in [6.45, 7) is 1.38. The summed E-state index contributed by atoms with van der Waals surface area (Å²) in [5, 5.41) is 2.65. The largest absolute Gasteiger partial charge is 0.493 e. The average molecular weight is 499 g/mol. The number of ether oxygens (including phenoxy) is 3.